The highest BCUT2D eigenvalue weighted by atomic mass is 35.5. The van der Waals surface area contributed by atoms with Crippen molar-refractivity contribution < 1.29 is 14.2 Å². The molecule has 3 heterocycles. The van der Waals surface area contributed by atoms with Crippen molar-refractivity contribution in [3.05, 3.63) is 34.4 Å². The third-order valence-electron chi connectivity index (χ3n) is 5.59. The minimum Gasteiger partial charge on any atom is -0.389 e. The summed E-state index contributed by atoms with van der Waals surface area (Å²) in [6, 6.07) is 3.10. The molecule has 166 valence electrons. The number of imidazole rings is 1. The number of aromatic nitrogens is 2. The molecule has 1 aromatic heterocycles. The summed E-state index contributed by atoms with van der Waals surface area (Å²) in [4.78, 5) is 12.9. The molecular weight excluding hydrogens is 423 g/mol. The molecule has 2 aliphatic rings. The van der Waals surface area contributed by atoms with Crippen LogP contribution < -0.4 is 10.6 Å². The predicted octanol–water partition coefficient (Wildman–Crippen LogP) is 2.56. The lowest BCUT2D eigenvalue weighted by molar-refractivity contribution is -0.0231. The highest BCUT2D eigenvalue weighted by molar-refractivity contribution is 6.32. The molecule has 4 rings (SSSR count). The minimum atomic E-state index is -0.688. The van der Waals surface area contributed by atoms with Gasteiger partial charge in [-0.05, 0) is 39.1 Å². The van der Waals surface area contributed by atoms with E-state index in [2.05, 4.69) is 39.2 Å². The number of nitrogens with zero attached hydrogens (tertiary/aromatic N) is 4. The number of aliphatic imine (C=N–C) groups is 2. The second kappa shape index (κ2) is 9.04. The van der Waals surface area contributed by atoms with Gasteiger partial charge in [-0.2, -0.15) is 0 Å². The zero-order chi connectivity index (χ0) is 22.1. The lowest BCUT2D eigenvalue weighted by Gasteiger charge is -2.28. The van der Waals surface area contributed by atoms with Crippen LogP contribution in [0.3, 0.4) is 0 Å². The van der Waals surface area contributed by atoms with Gasteiger partial charge in [-0.25, -0.2) is 19.4 Å². The maximum atomic E-state index is 15.0. The Kier molecular flexibility index (Phi) is 6.38. The molecule has 0 aliphatic carbocycles. The minimum absolute atomic E-state index is 0.138. The zero-order valence-corrected chi connectivity index (χ0v) is 18.3. The summed E-state index contributed by atoms with van der Waals surface area (Å²) in [6.07, 6.45) is -0.0873. The smallest absolute Gasteiger partial charge is 0.222 e. The first kappa shape index (κ1) is 21.9. The van der Waals surface area contributed by atoms with Gasteiger partial charge in [0.05, 0.1) is 36.5 Å². The van der Waals surface area contributed by atoms with Crippen LogP contribution >= 0.6 is 11.6 Å². The fourth-order valence-corrected chi connectivity index (χ4v) is 4.21. The monoisotopic (exact) mass is 448 g/mol. The third kappa shape index (κ3) is 4.36. The number of nitrogens with one attached hydrogen (secondary N) is 2. The number of benzene rings is 1. The van der Waals surface area contributed by atoms with Gasteiger partial charge in [-0.3, -0.25) is 0 Å². The predicted molar refractivity (Wildman–Crippen MR) is 120 cm³/mol. The Labute approximate surface area is 184 Å². The van der Waals surface area contributed by atoms with Crippen molar-refractivity contribution in [3.8, 4) is 0 Å². The van der Waals surface area contributed by atoms with Crippen LogP contribution in [0.2, 0.25) is 0 Å². The van der Waals surface area contributed by atoms with E-state index in [9.17, 15) is 5.11 Å². The SMILES string of the molecule is C=N/C(=N\C(=C(/C)Cl)c1cc(F)c2nc3n(c2c1)C(C)CNC3)N[C@@H]1CCOC[C@H]1O. The van der Waals surface area contributed by atoms with Crippen molar-refractivity contribution >= 4 is 41.0 Å². The molecule has 0 amide bonds. The molecule has 2 aromatic rings. The summed E-state index contributed by atoms with van der Waals surface area (Å²) >= 11 is 6.36. The number of aliphatic hydroxyl groups excluding tert-OH is 1. The van der Waals surface area contributed by atoms with Crippen molar-refractivity contribution in [2.45, 2.75) is 45.0 Å². The maximum Gasteiger partial charge on any atom is 0.222 e. The topological polar surface area (TPSA) is 96.1 Å². The van der Waals surface area contributed by atoms with Crippen molar-refractivity contribution in [2.75, 3.05) is 19.8 Å². The molecule has 3 N–H and O–H groups in total. The molecule has 1 saturated heterocycles. The van der Waals surface area contributed by atoms with Crippen LogP contribution in [0.1, 0.15) is 37.7 Å². The molecular formula is C21H26ClFN6O2. The van der Waals surface area contributed by atoms with Crippen molar-refractivity contribution in [1.29, 1.82) is 0 Å². The number of aliphatic hydroxyl groups is 1. The van der Waals surface area contributed by atoms with Crippen molar-refractivity contribution in [1.82, 2.24) is 20.2 Å². The van der Waals surface area contributed by atoms with Crippen molar-refractivity contribution in [2.24, 2.45) is 9.98 Å². The fourth-order valence-electron chi connectivity index (χ4n) is 4.05. The van der Waals surface area contributed by atoms with Crippen LogP contribution in [-0.2, 0) is 11.3 Å². The third-order valence-corrected chi connectivity index (χ3v) is 5.77. The molecule has 2 aliphatic heterocycles. The van der Waals surface area contributed by atoms with E-state index in [0.717, 1.165) is 12.4 Å². The number of ether oxygens (including phenoxy) is 1. The molecule has 1 fully saturated rings. The van der Waals surface area contributed by atoms with Gasteiger partial charge in [0.2, 0.25) is 5.96 Å². The Morgan fingerprint density at radius 2 is 2.29 bits per heavy atom. The summed E-state index contributed by atoms with van der Waals surface area (Å²) in [5, 5.41) is 16.9. The highest BCUT2D eigenvalue weighted by Gasteiger charge is 2.25. The van der Waals surface area contributed by atoms with Gasteiger partial charge in [0, 0.05) is 29.8 Å². The summed E-state index contributed by atoms with van der Waals surface area (Å²) in [5.74, 6) is 0.563. The fraction of sp³-hybridized carbons (Fsp3) is 0.476. The molecule has 3 atom stereocenters. The van der Waals surface area contributed by atoms with Gasteiger partial charge >= 0.3 is 0 Å². The van der Waals surface area contributed by atoms with E-state index < -0.39 is 11.9 Å². The standard InChI is InChI=1S/C21H26ClFN6O2/c1-11-8-25-9-18-27-20-14(23)6-13(7-16(20)29(11)18)19(12(2)22)28-21(24-3)26-15-4-5-31-10-17(15)30/h6-7,11,15,17,25,30H,3-5,8-10H2,1-2H3,(H,26,28)/b19-12+/t11?,15-,17-/m1/s1. The molecule has 1 unspecified atom stereocenters. The number of hydrogen-bond donors (Lipinski definition) is 3. The van der Waals surface area contributed by atoms with E-state index in [1.165, 1.54) is 6.07 Å². The highest BCUT2D eigenvalue weighted by Crippen LogP contribution is 2.31. The Balaban J connectivity index is 1.74. The van der Waals surface area contributed by atoms with E-state index >= 15 is 4.39 Å². The molecule has 0 spiro atoms. The van der Waals surface area contributed by atoms with E-state index in [1.807, 2.05) is 10.6 Å². The van der Waals surface area contributed by atoms with Gasteiger partial charge in [-0.15, -0.1) is 0 Å². The summed E-state index contributed by atoms with van der Waals surface area (Å²) < 4.78 is 22.3. The van der Waals surface area contributed by atoms with Gasteiger partial charge in [0.15, 0.2) is 5.82 Å². The first-order valence-corrected chi connectivity index (χ1v) is 10.6. The zero-order valence-electron chi connectivity index (χ0n) is 17.5. The van der Waals surface area contributed by atoms with Crippen LogP contribution in [-0.4, -0.2) is 59.2 Å². The molecule has 8 nitrogen and oxygen atoms in total. The second-order valence-electron chi connectivity index (χ2n) is 7.86. The number of allylic oxidation sites excluding steroid dienone is 1. The van der Waals surface area contributed by atoms with Gasteiger partial charge in [0.1, 0.15) is 11.3 Å². The van der Waals surface area contributed by atoms with E-state index in [1.54, 1.807) is 6.92 Å². The molecule has 10 heteroatoms. The van der Waals surface area contributed by atoms with Gasteiger partial charge in [0.25, 0.3) is 0 Å². The summed E-state index contributed by atoms with van der Waals surface area (Å²) in [5.41, 5.74) is 1.92. The van der Waals surface area contributed by atoms with Crippen LogP contribution in [0, 0.1) is 5.82 Å². The maximum absolute atomic E-state index is 15.0. The lowest BCUT2D eigenvalue weighted by Crippen LogP contribution is -2.48. The van der Waals surface area contributed by atoms with Crippen LogP contribution in [0.4, 0.5) is 4.39 Å². The lowest BCUT2D eigenvalue weighted by atomic mass is 10.1. The second-order valence-corrected chi connectivity index (χ2v) is 8.43. The quantitative estimate of drug-likeness (QED) is 0.495. The van der Waals surface area contributed by atoms with Crippen molar-refractivity contribution in [3.63, 3.8) is 0 Å². The van der Waals surface area contributed by atoms with Gasteiger partial charge in [-0.1, -0.05) is 11.6 Å². The average Bonchev–Trinajstić information content (AvgIpc) is 3.12. The average molecular weight is 449 g/mol. The number of hydrogen-bond acceptors (Lipinski definition) is 5. The molecule has 1 aromatic carbocycles. The van der Waals surface area contributed by atoms with Gasteiger partial charge < -0.3 is 25.0 Å². The van der Waals surface area contributed by atoms with Crippen LogP contribution in [0.15, 0.2) is 27.1 Å². The summed E-state index contributed by atoms with van der Waals surface area (Å²) in [7, 11) is 0. The molecule has 0 radical (unpaired) electrons. The summed E-state index contributed by atoms with van der Waals surface area (Å²) in [6.45, 7) is 9.44. The number of rotatable bonds is 3. The Morgan fingerprint density at radius 3 is 3.00 bits per heavy atom. The Bertz CT molecular complexity index is 1060. The first-order valence-electron chi connectivity index (χ1n) is 10.2. The van der Waals surface area contributed by atoms with E-state index in [-0.39, 0.29) is 24.7 Å². The normalized spacial score (nSPS) is 25.2. The molecule has 31 heavy (non-hydrogen) atoms. The molecule has 0 saturated carbocycles. The van der Waals surface area contributed by atoms with E-state index in [0.29, 0.717) is 46.9 Å². The van der Waals surface area contributed by atoms with Crippen LogP contribution in [0.25, 0.3) is 16.7 Å². The van der Waals surface area contributed by atoms with E-state index in [4.69, 9.17) is 16.3 Å². The Morgan fingerprint density at radius 1 is 1.48 bits per heavy atom. The number of fused-ring (bicyclic) bond motifs is 3. The Hall–Kier alpha value is -2.33. The number of halogens is 2. The largest absolute Gasteiger partial charge is 0.389 e. The van der Waals surface area contributed by atoms with Crippen LogP contribution in [0.5, 0.6) is 0 Å². The first-order chi connectivity index (χ1) is 14.9. The number of guanidine groups is 1. The molecule has 0 bridgehead atoms.